The Bertz CT molecular complexity index is 394. The lowest BCUT2D eigenvalue weighted by molar-refractivity contribution is -0.0495. The van der Waals surface area contributed by atoms with Gasteiger partial charge in [-0.05, 0) is 60.6 Å². The summed E-state index contributed by atoms with van der Waals surface area (Å²) in [6.07, 6.45) is 1.03. The topological polar surface area (TPSA) is 38.5 Å². The highest BCUT2D eigenvalue weighted by atomic mass is 127. The molecule has 1 heterocycles. The van der Waals surface area contributed by atoms with E-state index >= 15 is 0 Å². The molecule has 0 aromatic heterocycles. The second-order valence-corrected chi connectivity index (χ2v) is 6.74. The van der Waals surface area contributed by atoms with Crippen LogP contribution in [0.1, 0.15) is 19.4 Å². The lowest BCUT2D eigenvalue weighted by Crippen LogP contribution is -2.53. The Morgan fingerprint density at radius 1 is 1.37 bits per heavy atom. The van der Waals surface area contributed by atoms with Crippen molar-refractivity contribution in [2.24, 2.45) is 5.73 Å². The molecular weight excluding hydrogens is 351 g/mol. The lowest BCUT2D eigenvalue weighted by atomic mass is 10.0. The van der Waals surface area contributed by atoms with E-state index in [2.05, 4.69) is 65.6 Å². The van der Waals surface area contributed by atoms with Crippen molar-refractivity contribution in [1.29, 1.82) is 0 Å². The lowest BCUT2D eigenvalue weighted by Gasteiger charge is -2.38. The van der Waals surface area contributed by atoms with Crippen molar-refractivity contribution < 1.29 is 4.74 Å². The second-order valence-electron chi connectivity index (χ2n) is 5.49. The van der Waals surface area contributed by atoms with Gasteiger partial charge in [-0.3, -0.25) is 4.90 Å². The van der Waals surface area contributed by atoms with Crippen molar-refractivity contribution in [3.8, 4) is 0 Å². The first-order valence-electron chi connectivity index (χ1n) is 6.92. The van der Waals surface area contributed by atoms with Crippen LogP contribution in [-0.4, -0.2) is 42.8 Å². The molecule has 0 radical (unpaired) electrons. The average molecular weight is 374 g/mol. The Hall–Kier alpha value is -0.170. The van der Waals surface area contributed by atoms with Gasteiger partial charge in [0, 0.05) is 28.7 Å². The molecular formula is C15H23IN2O. The van der Waals surface area contributed by atoms with Gasteiger partial charge in [-0.15, -0.1) is 0 Å². The molecule has 106 valence electrons. The summed E-state index contributed by atoms with van der Waals surface area (Å²) < 4.78 is 7.11. The van der Waals surface area contributed by atoms with Gasteiger partial charge >= 0.3 is 0 Å². The molecule has 2 atom stereocenters. The molecule has 0 amide bonds. The number of rotatable bonds is 4. The van der Waals surface area contributed by atoms with Crippen molar-refractivity contribution in [1.82, 2.24) is 4.90 Å². The zero-order valence-electron chi connectivity index (χ0n) is 11.7. The van der Waals surface area contributed by atoms with E-state index in [0.29, 0.717) is 6.04 Å². The normalized spacial score (nSPS) is 22.7. The van der Waals surface area contributed by atoms with E-state index in [-0.39, 0.29) is 12.1 Å². The molecule has 1 aromatic rings. The first-order valence-corrected chi connectivity index (χ1v) is 8.00. The largest absolute Gasteiger partial charge is 0.374 e. The SMILES string of the molecule is CC(C)N1CCOC(C(N)Cc2ccc(I)cc2)C1. The summed E-state index contributed by atoms with van der Waals surface area (Å²) in [4.78, 5) is 2.45. The minimum absolute atomic E-state index is 0.0709. The van der Waals surface area contributed by atoms with Gasteiger partial charge in [0.1, 0.15) is 0 Å². The zero-order chi connectivity index (χ0) is 13.8. The van der Waals surface area contributed by atoms with Crippen molar-refractivity contribution in [3.63, 3.8) is 0 Å². The smallest absolute Gasteiger partial charge is 0.0856 e. The van der Waals surface area contributed by atoms with Crippen LogP contribution in [0.15, 0.2) is 24.3 Å². The summed E-state index contributed by atoms with van der Waals surface area (Å²) in [5.41, 5.74) is 7.62. The Morgan fingerprint density at radius 3 is 2.68 bits per heavy atom. The monoisotopic (exact) mass is 374 g/mol. The van der Waals surface area contributed by atoms with Gasteiger partial charge in [0.15, 0.2) is 0 Å². The zero-order valence-corrected chi connectivity index (χ0v) is 13.8. The minimum atomic E-state index is 0.0709. The number of halogens is 1. The molecule has 0 bridgehead atoms. The highest BCUT2D eigenvalue weighted by Crippen LogP contribution is 2.15. The fraction of sp³-hybridized carbons (Fsp3) is 0.600. The molecule has 1 fully saturated rings. The molecule has 2 N–H and O–H groups in total. The highest BCUT2D eigenvalue weighted by molar-refractivity contribution is 14.1. The molecule has 1 aromatic carbocycles. The first kappa shape index (κ1) is 15.2. The molecule has 0 aliphatic carbocycles. The van der Waals surface area contributed by atoms with Crippen molar-refractivity contribution in [3.05, 3.63) is 33.4 Å². The van der Waals surface area contributed by atoms with E-state index in [4.69, 9.17) is 10.5 Å². The summed E-state index contributed by atoms with van der Waals surface area (Å²) in [6, 6.07) is 9.21. The van der Waals surface area contributed by atoms with Gasteiger partial charge in [0.2, 0.25) is 0 Å². The predicted molar refractivity (Wildman–Crippen MR) is 87.3 cm³/mol. The molecule has 0 saturated carbocycles. The number of hydrogen-bond donors (Lipinski definition) is 1. The maximum absolute atomic E-state index is 6.33. The Labute approximate surface area is 129 Å². The molecule has 1 aliphatic rings. The number of benzene rings is 1. The van der Waals surface area contributed by atoms with Crippen LogP contribution in [-0.2, 0) is 11.2 Å². The van der Waals surface area contributed by atoms with Crippen LogP contribution in [0.4, 0.5) is 0 Å². The summed E-state index contributed by atoms with van der Waals surface area (Å²) in [7, 11) is 0. The van der Waals surface area contributed by atoms with E-state index < -0.39 is 0 Å². The van der Waals surface area contributed by atoms with Gasteiger partial charge in [0.05, 0.1) is 12.7 Å². The first-order chi connectivity index (χ1) is 9.06. The number of ether oxygens (including phenoxy) is 1. The third-order valence-electron chi connectivity index (χ3n) is 3.72. The summed E-state index contributed by atoms with van der Waals surface area (Å²) in [6.45, 7) is 7.22. The van der Waals surface area contributed by atoms with Crippen molar-refractivity contribution in [2.75, 3.05) is 19.7 Å². The van der Waals surface area contributed by atoms with E-state index in [0.717, 1.165) is 26.1 Å². The molecule has 2 rings (SSSR count). The summed E-state index contributed by atoms with van der Waals surface area (Å²) >= 11 is 2.32. The molecule has 1 aliphatic heterocycles. The quantitative estimate of drug-likeness (QED) is 0.822. The van der Waals surface area contributed by atoms with Crippen molar-refractivity contribution >= 4 is 22.6 Å². The maximum atomic E-state index is 6.33. The number of morpholine rings is 1. The molecule has 0 spiro atoms. The van der Waals surface area contributed by atoms with Crippen LogP contribution in [0, 0.1) is 3.57 Å². The summed E-state index contributed by atoms with van der Waals surface area (Å²) in [5.74, 6) is 0. The number of hydrogen-bond acceptors (Lipinski definition) is 3. The second kappa shape index (κ2) is 7.02. The maximum Gasteiger partial charge on any atom is 0.0856 e. The van der Waals surface area contributed by atoms with Gasteiger partial charge in [-0.25, -0.2) is 0 Å². The Morgan fingerprint density at radius 2 is 2.05 bits per heavy atom. The molecule has 1 saturated heterocycles. The minimum Gasteiger partial charge on any atom is -0.374 e. The molecule has 3 nitrogen and oxygen atoms in total. The van der Waals surface area contributed by atoms with Crippen LogP contribution in [0.5, 0.6) is 0 Å². The molecule has 4 heteroatoms. The van der Waals surface area contributed by atoms with Crippen molar-refractivity contribution in [2.45, 2.75) is 38.5 Å². The highest BCUT2D eigenvalue weighted by Gasteiger charge is 2.27. The Kier molecular flexibility index (Phi) is 5.62. The van der Waals surface area contributed by atoms with E-state index in [1.165, 1.54) is 9.13 Å². The van der Waals surface area contributed by atoms with Crippen LogP contribution in [0.25, 0.3) is 0 Å². The third kappa shape index (κ3) is 4.41. The van der Waals surface area contributed by atoms with Crippen LogP contribution >= 0.6 is 22.6 Å². The van der Waals surface area contributed by atoms with Gasteiger partial charge < -0.3 is 10.5 Å². The van der Waals surface area contributed by atoms with Crippen LogP contribution < -0.4 is 5.73 Å². The van der Waals surface area contributed by atoms with E-state index in [9.17, 15) is 0 Å². The van der Waals surface area contributed by atoms with Gasteiger partial charge in [-0.1, -0.05) is 12.1 Å². The molecule has 19 heavy (non-hydrogen) atoms. The van der Waals surface area contributed by atoms with E-state index in [1.807, 2.05) is 0 Å². The molecule has 2 unspecified atom stereocenters. The van der Waals surface area contributed by atoms with Crippen LogP contribution in [0.3, 0.4) is 0 Å². The number of nitrogens with zero attached hydrogens (tertiary/aromatic N) is 1. The fourth-order valence-electron chi connectivity index (χ4n) is 2.45. The predicted octanol–water partition coefficient (Wildman–Crippen LogP) is 2.27. The van der Waals surface area contributed by atoms with E-state index in [1.54, 1.807) is 0 Å². The third-order valence-corrected chi connectivity index (χ3v) is 4.44. The standard InChI is InChI=1S/C15H23IN2O/c1-11(2)18-7-8-19-15(10-18)14(17)9-12-3-5-13(16)6-4-12/h3-6,11,14-15H,7-10,17H2,1-2H3. The van der Waals surface area contributed by atoms with Gasteiger partial charge in [0.25, 0.3) is 0 Å². The van der Waals surface area contributed by atoms with Crippen LogP contribution in [0.2, 0.25) is 0 Å². The number of nitrogens with two attached hydrogens (primary N) is 1. The average Bonchev–Trinajstić information content (AvgIpc) is 2.41. The van der Waals surface area contributed by atoms with Gasteiger partial charge in [-0.2, -0.15) is 0 Å². The summed E-state index contributed by atoms with van der Waals surface area (Å²) in [5, 5.41) is 0. The Balaban J connectivity index is 1.92. The fourth-order valence-corrected chi connectivity index (χ4v) is 2.81.